The summed E-state index contributed by atoms with van der Waals surface area (Å²) in [7, 11) is 0. The summed E-state index contributed by atoms with van der Waals surface area (Å²) in [6.07, 6.45) is 12.1. The van der Waals surface area contributed by atoms with E-state index >= 15 is 0 Å². The Hall–Kier alpha value is -4.74. The first-order valence-corrected chi connectivity index (χ1v) is 14.6. The van der Waals surface area contributed by atoms with Gasteiger partial charge in [-0.2, -0.15) is 5.10 Å². The number of nitrogens with zero attached hydrogens (tertiary/aromatic N) is 7. The molecule has 0 unspecified atom stereocenters. The molecule has 5 aromatic rings. The maximum absolute atomic E-state index is 13.2. The zero-order valence-electron chi connectivity index (χ0n) is 23.3. The van der Waals surface area contributed by atoms with Gasteiger partial charge in [-0.15, -0.1) is 0 Å². The smallest absolute Gasteiger partial charge is 0.250 e. The number of amides is 1. The number of anilines is 3. The maximum Gasteiger partial charge on any atom is 0.250 e. The van der Waals surface area contributed by atoms with Crippen LogP contribution in [0.5, 0.6) is 17.2 Å². The Morgan fingerprint density at radius 1 is 1.02 bits per heavy atom. The van der Waals surface area contributed by atoms with Crippen LogP contribution < -0.4 is 19.7 Å². The molecule has 0 saturated carbocycles. The van der Waals surface area contributed by atoms with Crippen molar-refractivity contribution in [2.24, 2.45) is 0 Å². The third-order valence-electron chi connectivity index (χ3n) is 7.60. The SMILES string of the molecule is O=C(/C=C/CN1CCCCC1)N1CCOc2c1ccc1ncnc(Nc3ccc(Oc4ccn5ncnc5c4)c(Cl)c3)c21. The number of benzene rings is 2. The molecular weight excluding hydrogens is 568 g/mol. The van der Waals surface area contributed by atoms with Gasteiger partial charge in [-0.05, 0) is 62.3 Å². The quantitative estimate of drug-likeness (QED) is 0.239. The molecule has 0 bridgehead atoms. The van der Waals surface area contributed by atoms with Gasteiger partial charge in [-0.3, -0.25) is 9.69 Å². The Labute approximate surface area is 252 Å². The highest BCUT2D eigenvalue weighted by atomic mass is 35.5. The number of fused-ring (bicyclic) bond motifs is 4. The molecule has 1 fully saturated rings. The lowest BCUT2D eigenvalue weighted by molar-refractivity contribution is -0.114. The van der Waals surface area contributed by atoms with Crippen molar-refractivity contribution in [3.8, 4) is 17.2 Å². The molecule has 0 radical (unpaired) electrons. The van der Waals surface area contributed by atoms with Crippen LogP contribution in [0, 0.1) is 0 Å². The van der Waals surface area contributed by atoms with Crippen molar-refractivity contribution in [1.82, 2.24) is 29.5 Å². The van der Waals surface area contributed by atoms with Crippen molar-refractivity contribution in [1.29, 1.82) is 0 Å². The molecule has 43 heavy (non-hydrogen) atoms. The largest absolute Gasteiger partial charge is 0.489 e. The van der Waals surface area contributed by atoms with Gasteiger partial charge in [0.05, 0.1) is 28.2 Å². The van der Waals surface area contributed by atoms with Crippen LogP contribution in [0.2, 0.25) is 5.02 Å². The fraction of sp³-hybridized carbons (Fsp3) is 0.258. The molecule has 2 aliphatic heterocycles. The molecule has 5 heterocycles. The summed E-state index contributed by atoms with van der Waals surface area (Å²) in [6.45, 7) is 3.78. The van der Waals surface area contributed by atoms with Crippen molar-refractivity contribution >= 4 is 51.3 Å². The number of carbonyl (C=O) groups is 1. The summed E-state index contributed by atoms with van der Waals surface area (Å²) < 4.78 is 13.8. The number of nitrogens with one attached hydrogen (secondary N) is 1. The van der Waals surface area contributed by atoms with E-state index in [1.54, 1.807) is 46.0 Å². The molecule has 1 amide bonds. The van der Waals surface area contributed by atoms with Crippen LogP contribution in [0.1, 0.15) is 19.3 Å². The van der Waals surface area contributed by atoms with E-state index in [2.05, 4.69) is 30.3 Å². The average molecular weight is 597 g/mol. The number of ether oxygens (including phenoxy) is 2. The topological polar surface area (TPSA) is 110 Å². The van der Waals surface area contributed by atoms with E-state index in [1.165, 1.54) is 31.9 Å². The van der Waals surface area contributed by atoms with Gasteiger partial charge >= 0.3 is 0 Å². The molecular formula is C31H29ClN8O3. The Morgan fingerprint density at radius 2 is 1.93 bits per heavy atom. The fourth-order valence-corrected chi connectivity index (χ4v) is 5.69. The number of piperidine rings is 1. The van der Waals surface area contributed by atoms with Crippen molar-refractivity contribution in [2.75, 3.05) is 43.0 Å². The molecule has 0 spiro atoms. The van der Waals surface area contributed by atoms with Crippen molar-refractivity contribution in [3.05, 3.63) is 78.5 Å². The Balaban J connectivity index is 1.12. The van der Waals surface area contributed by atoms with Gasteiger partial charge in [-0.1, -0.05) is 24.1 Å². The second-order valence-corrected chi connectivity index (χ2v) is 10.8. The first kappa shape index (κ1) is 27.1. The van der Waals surface area contributed by atoms with Crippen LogP contribution in [-0.2, 0) is 4.79 Å². The Bertz CT molecular complexity index is 1840. The standard InChI is InChI=1S/C31H29ClN8O3/c32-23-17-21(6-9-26(23)43-22-10-14-40-27(18-22)34-20-36-40)37-31-29-24(33-19-35-31)7-8-25-30(29)42-16-15-39(25)28(41)5-4-13-38-11-2-1-3-12-38/h4-10,14,17-20H,1-3,11-13,15-16H2,(H,33,35,37)/b5-4+. The van der Waals surface area contributed by atoms with Crippen LogP contribution in [0.3, 0.4) is 0 Å². The monoisotopic (exact) mass is 596 g/mol. The van der Waals surface area contributed by atoms with Gasteiger partial charge < -0.3 is 19.7 Å². The van der Waals surface area contributed by atoms with Crippen LogP contribution in [-0.4, -0.2) is 68.2 Å². The molecule has 1 saturated heterocycles. The Morgan fingerprint density at radius 3 is 2.81 bits per heavy atom. The number of hydrogen-bond donors (Lipinski definition) is 1. The minimum atomic E-state index is -0.0715. The summed E-state index contributed by atoms with van der Waals surface area (Å²) in [4.78, 5) is 30.5. The van der Waals surface area contributed by atoms with E-state index in [1.807, 2.05) is 24.3 Å². The second-order valence-electron chi connectivity index (χ2n) is 10.4. The lowest BCUT2D eigenvalue weighted by atomic mass is 10.1. The highest BCUT2D eigenvalue weighted by Gasteiger charge is 2.26. The molecule has 12 heteroatoms. The van der Waals surface area contributed by atoms with Gasteiger partial charge in [-0.25, -0.2) is 19.5 Å². The molecule has 2 aromatic carbocycles. The summed E-state index contributed by atoms with van der Waals surface area (Å²) in [6, 6.07) is 12.7. The predicted octanol–water partition coefficient (Wildman–Crippen LogP) is 5.63. The lowest BCUT2D eigenvalue weighted by Crippen LogP contribution is -2.37. The molecule has 0 atom stereocenters. The van der Waals surface area contributed by atoms with Gasteiger partial charge in [0.25, 0.3) is 5.91 Å². The van der Waals surface area contributed by atoms with E-state index in [0.717, 1.165) is 19.6 Å². The minimum Gasteiger partial charge on any atom is -0.489 e. The summed E-state index contributed by atoms with van der Waals surface area (Å²) in [5, 5.41) is 8.55. The molecule has 7 rings (SSSR count). The number of likely N-dealkylation sites (tertiary alicyclic amines) is 1. The van der Waals surface area contributed by atoms with E-state index in [9.17, 15) is 4.79 Å². The van der Waals surface area contributed by atoms with Crippen LogP contribution in [0.25, 0.3) is 16.6 Å². The molecule has 3 aromatic heterocycles. The minimum absolute atomic E-state index is 0.0715. The van der Waals surface area contributed by atoms with E-state index < -0.39 is 0 Å². The normalized spacial score (nSPS) is 15.5. The van der Waals surface area contributed by atoms with Gasteiger partial charge in [0.15, 0.2) is 11.4 Å². The number of pyridine rings is 1. The molecule has 11 nitrogen and oxygen atoms in total. The lowest BCUT2D eigenvalue weighted by Gasteiger charge is -2.30. The number of aromatic nitrogens is 5. The van der Waals surface area contributed by atoms with E-state index in [4.69, 9.17) is 21.1 Å². The summed E-state index contributed by atoms with van der Waals surface area (Å²) >= 11 is 6.61. The molecule has 2 aliphatic rings. The summed E-state index contributed by atoms with van der Waals surface area (Å²) in [5.74, 6) is 2.12. The Kier molecular flexibility index (Phi) is 7.48. The van der Waals surface area contributed by atoms with Gasteiger partial charge in [0.2, 0.25) is 0 Å². The van der Waals surface area contributed by atoms with Crippen LogP contribution in [0.15, 0.2) is 73.5 Å². The van der Waals surface area contributed by atoms with Crippen molar-refractivity contribution in [3.63, 3.8) is 0 Å². The number of rotatable bonds is 7. The predicted molar refractivity (Wildman–Crippen MR) is 165 cm³/mol. The maximum atomic E-state index is 13.2. The van der Waals surface area contributed by atoms with Crippen molar-refractivity contribution < 1.29 is 14.3 Å². The number of carbonyl (C=O) groups excluding carboxylic acids is 1. The van der Waals surface area contributed by atoms with Gasteiger partial charge in [0.1, 0.15) is 36.6 Å². The fourth-order valence-electron chi connectivity index (χ4n) is 5.47. The highest BCUT2D eigenvalue weighted by molar-refractivity contribution is 6.32. The van der Waals surface area contributed by atoms with Crippen molar-refractivity contribution in [2.45, 2.75) is 19.3 Å². The third kappa shape index (κ3) is 5.69. The second kappa shape index (κ2) is 11.9. The summed E-state index contributed by atoms with van der Waals surface area (Å²) in [5.41, 5.74) is 2.76. The van der Waals surface area contributed by atoms with Crippen LogP contribution in [0.4, 0.5) is 17.2 Å². The first-order chi connectivity index (χ1) is 21.1. The number of hydrogen-bond acceptors (Lipinski definition) is 9. The molecule has 0 aliphatic carbocycles. The molecule has 1 N–H and O–H groups in total. The van der Waals surface area contributed by atoms with Crippen LogP contribution >= 0.6 is 11.6 Å². The number of halogens is 1. The molecule has 218 valence electrons. The first-order valence-electron chi connectivity index (χ1n) is 14.3. The highest BCUT2D eigenvalue weighted by Crippen LogP contribution is 2.42. The van der Waals surface area contributed by atoms with E-state index in [-0.39, 0.29) is 5.91 Å². The average Bonchev–Trinajstić information content (AvgIpc) is 3.50. The zero-order valence-corrected chi connectivity index (χ0v) is 24.1. The zero-order chi connectivity index (χ0) is 29.2. The van der Waals surface area contributed by atoms with E-state index in [0.29, 0.717) is 69.2 Å². The third-order valence-corrected chi connectivity index (χ3v) is 7.90. The van der Waals surface area contributed by atoms with Gasteiger partial charge in [0, 0.05) is 30.6 Å².